The summed E-state index contributed by atoms with van der Waals surface area (Å²) in [5.74, 6) is -0.560. The molecule has 0 atom stereocenters. The van der Waals surface area contributed by atoms with Crippen molar-refractivity contribution in [2.75, 3.05) is 10.6 Å². The third kappa shape index (κ3) is 4.77. The normalized spacial score (nSPS) is 11.3. The maximum Gasteiger partial charge on any atom is 0.417 e. The number of halogens is 4. The van der Waals surface area contributed by atoms with Crippen LogP contribution >= 0.6 is 0 Å². The van der Waals surface area contributed by atoms with Crippen LogP contribution in [0.5, 0.6) is 0 Å². The van der Waals surface area contributed by atoms with Crippen molar-refractivity contribution in [1.29, 1.82) is 5.26 Å². The highest BCUT2D eigenvalue weighted by Gasteiger charge is 2.34. The minimum Gasteiger partial charge on any atom is -0.351 e. The van der Waals surface area contributed by atoms with Crippen molar-refractivity contribution in [2.45, 2.75) is 26.4 Å². The van der Waals surface area contributed by atoms with E-state index in [2.05, 4.69) is 20.6 Å². The number of benzene rings is 1. The van der Waals surface area contributed by atoms with Crippen molar-refractivity contribution >= 4 is 28.5 Å². The predicted octanol–water partition coefficient (Wildman–Crippen LogP) is 5.48. The molecule has 7 nitrogen and oxygen atoms in total. The molecule has 3 aromatic heterocycles. The van der Waals surface area contributed by atoms with Crippen LogP contribution in [0.25, 0.3) is 5.65 Å². The van der Waals surface area contributed by atoms with Crippen LogP contribution in [0.15, 0.2) is 53.6 Å². The molecule has 0 aliphatic carbocycles. The van der Waals surface area contributed by atoms with Gasteiger partial charge >= 0.3 is 6.18 Å². The number of anilines is 4. The van der Waals surface area contributed by atoms with Gasteiger partial charge in [-0.3, -0.25) is 9.20 Å². The molecule has 0 aliphatic heterocycles. The van der Waals surface area contributed by atoms with Gasteiger partial charge < -0.3 is 10.6 Å². The van der Waals surface area contributed by atoms with Crippen molar-refractivity contribution in [3.8, 4) is 6.07 Å². The SMILES string of the molecule is CCc1cc(=O)n2cc(Nc3c(C)ccnc3Nc3ccc(C#N)c(C(F)(F)F)c3)cc(F)c2n1. The van der Waals surface area contributed by atoms with Gasteiger partial charge in [0.05, 0.1) is 28.6 Å². The summed E-state index contributed by atoms with van der Waals surface area (Å²) in [7, 11) is 0. The molecule has 4 rings (SSSR count). The van der Waals surface area contributed by atoms with Gasteiger partial charge in [0.25, 0.3) is 5.56 Å². The number of hydrogen-bond donors (Lipinski definition) is 2. The topological polar surface area (TPSA) is 95.1 Å². The predicted molar refractivity (Wildman–Crippen MR) is 122 cm³/mol. The average Bonchev–Trinajstić information content (AvgIpc) is 2.81. The smallest absolute Gasteiger partial charge is 0.351 e. The summed E-state index contributed by atoms with van der Waals surface area (Å²) in [4.78, 5) is 20.8. The van der Waals surface area contributed by atoms with Crippen LogP contribution < -0.4 is 16.2 Å². The zero-order valence-electron chi connectivity index (χ0n) is 18.5. The van der Waals surface area contributed by atoms with Gasteiger partial charge in [-0.25, -0.2) is 14.4 Å². The molecule has 0 saturated carbocycles. The minimum absolute atomic E-state index is 0.0506. The van der Waals surface area contributed by atoms with E-state index >= 15 is 0 Å². The van der Waals surface area contributed by atoms with Crippen molar-refractivity contribution in [3.63, 3.8) is 0 Å². The van der Waals surface area contributed by atoms with Gasteiger partial charge in [-0.1, -0.05) is 6.92 Å². The monoisotopic (exact) mass is 482 g/mol. The summed E-state index contributed by atoms with van der Waals surface area (Å²) in [6.07, 6.45) is -1.41. The molecule has 0 saturated heterocycles. The van der Waals surface area contributed by atoms with Crippen molar-refractivity contribution in [2.24, 2.45) is 0 Å². The number of alkyl halides is 3. The van der Waals surface area contributed by atoms with E-state index in [9.17, 15) is 22.4 Å². The van der Waals surface area contributed by atoms with E-state index < -0.39 is 28.7 Å². The van der Waals surface area contributed by atoms with Crippen LogP contribution in [0.2, 0.25) is 0 Å². The number of nitrogens with one attached hydrogen (secondary N) is 2. The molecule has 11 heteroatoms. The van der Waals surface area contributed by atoms with E-state index in [0.29, 0.717) is 23.4 Å². The number of hydrogen-bond acceptors (Lipinski definition) is 6. The van der Waals surface area contributed by atoms with Crippen LogP contribution in [0.4, 0.5) is 40.4 Å². The Hall–Kier alpha value is -4.46. The van der Waals surface area contributed by atoms with Crippen LogP contribution in [0.1, 0.15) is 29.3 Å². The Morgan fingerprint density at radius 2 is 1.89 bits per heavy atom. The summed E-state index contributed by atoms with van der Waals surface area (Å²) in [5, 5.41) is 14.8. The van der Waals surface area contributed by atoms with Gasteiger partial charge in [-0.05, 0) is 43.2 Å². The lowest BCUT2D eigenvalue weighted by atomic mass is 10.1. The third-order valence-electron chi connectivity index (χ3n) is 5.27. The van der Waals surface area contributed by atoms with Crippen molar-refractivity contribution in [3.05, 3.63) is 87.3 Å². The van der Waals surface area contributed by atoms with Gasteiger partial charge in [0.1, 0.15) is 0 Å². The lowest BCUT2D eigenvalue weighted by molar-refractivity contribution is -0.137. The highest BCUT2D eigenvalue weighted by Crippen LogP contribution is 2.35. The summed E-state index contributed by atoms with van der Waals surface area (Å²) in [6.45, 7) is 3.53. The molecule has 1 aromatic carbocycles. The molecule has 3 heterocycles. The van der Waals surface area contributed by atoms with Gasteiger partial charge in [0.15, 0.2) is 17.3 Å². The Morgan fingerprint density at radius 1 is 1.11 bits per heavy atom. The molecule has 0 fully saturated rings. The lowest BCUT2D eigenvalue weighted by Gasteiger charge is -2.17. The zero-order valence-corrected chi connectivity index (χ0v) is 18.5. The molecule has 0 bridgehead atoms. The average molecular weight is 482 g/mol. The number of aryl methyl sites for hydroxylation is 2. The number of nitrogens with zero attached hydrogens (tertiary/aromatic N) is 4. The fourth-order valence-electron chi connectivity index (χ4n) is 3.50. The lowest BCUT2D eigenvalue weighted by Crippen LogP contribution is -2.17. The van der Waals surface area contributed by atoms with Crippen molar-refractivity contribution in [1.82, 2.24) is 14.4 Å². The first kappa shape index (κ1) is 23.7. The number of rotatable bonds is 5. The van der Waals surface area contributed by atoms with E-state index in [4.69, 9.17) is 5.26 Å². The standard InChI is InChI=1S/C24H18F4N6O/c1-3-15-10-20(35)34-12-17(9-19(25)23(34)33-15)31-21-13(2)6-7-30-22(21)32-16-5-4-14(11-29)18(8-16)24(26,27)28/h4-10,12,31H,3H2,1-2H3,(H,30,32). The van der Waals surface area contributed by atoms with E-state index in [1.54, 1.807) is 19.9 Å². The Kier molecular flexibility index (Phi) is 6.13. The largest absolute Gasteiger partial charge is 0.417 e. The van der Waals surface area contributed by atoms with Crippen LogP contribution in [-0.4, -0.2) is 14.4 Å². The fourth-order valence-corrected chi connectivity index (χ4v) is 3.50. The maximum absolute atomic E-state index is 14.8. The van der Waals surface area contributed by atoms with Gasteiger partial charge in [0, 0.05) is 35.9 Å². The summed E-state index contributed by atoms with van der Waals surface area (Å²) in [5.41, 5.74) is -0.420. The quantitative estimate of drug-likeness (QED) is 0.366. The second-order valence-electron chi connectivity index (χ2n) is 7.68. The highest BCUT2D eigenvalue weighted by atomic mass is 19.4. The minimum atomic E-state index is -4.72. The number of aromatic nitrogens is 3. The summed E-state index contributed by atoms with van der Waals surface area (Å²) < 4.78 is 55.9. The number of nitriles is 1. The fraction of sp³-hybridized carbons (Fsp3) is 0.167. The summed E-state index contributed by atoms with van der Waals surface area (Å²) in [6, 6.07) is 8.89. The molecule has 0 amide bonds. The van der Waals surface area contributed by atoms with E-state index in [1.807, 2.05) is 0 Å². The Morgan fingerprint density at radius 3 is 2.57 bits per heavy atom. The van der Waals surface area contributed by atoms with Gasteiger partial charge in [0.2, 0.25) is 0 Å². The van der Waals surface area contributed by atoms with Gasteiger partial charge in [-0.2, -0.15) is 18.4 Å². The zero-order chi connectivity index (χ0) is 25.3. The van der Waals surface area contributed by atoms with E-state index in [0.717, 1.165) is 16.5 Å². The summed E-state index contributed by atoms with van der Waals surface area (Å²) >= 11 is 0. The molecule has 4 aromatic rings. The van der Waals surface area contributed by atoms with Crippen LogP contribution in [-0.2, 0) is 12.6 Å². The second-order valence-corrected chi connectivity index (χ2v) is 7.68. The first-order valence-corrected chi connectivity index (χ1v) is 10.4. The number of pyridine rings is 2. The molecule has 178 valence electrons. The van der Waals surface area contributed by atoms with Gasteiger partial charge in [-0.15, -0.1) is 0 Å². The number of fused-ring (bicyclic) bond motifs is 1. The Bertz CT molecular complexity index is 1540. The molecule has 0 radical (unpaired) electrons. The van der Waals surface area contributed by atoms with E-state index in [-0.39, 0.29) is 22.8 Å². The molecule has 0 unspecified atom stereocenters. The third-order valence-corrected chi connectivity index (χ3v) is 5.27. The maximum atomic E-state index is 14.8. The van der Waals surface area contributed by atoms with Crippen LogP contribution in [0.3, 0.4) is 0 Å². The Balaban J connectivity index is 1.74. The van der Waals surface area contributed by atoms with Crippen molar-refractivity contribution < 1.29 is 17.6 Å². The highest BCUT2D eigenvalue weighted by molar-refractivity contribution is 5.78. The molecule has 0 spiro atoms. The molecule has 35 heavy (non-hydrogen) atoms. The Labute approximate surface area is 196 Å². The van der Waals surface area contributed by atoms with E-state index in [1.165, 1.54) is 36.7 Å². The molecular formula is C24H18F4N6O. The first-order valence-electron chi connectivity index (χ1n) is 10.4. The van der Waals surface area contributed by atoms with Crippen LogP contribution in [0, 0.1) is 24.1 Å². The second kappa shape index (κ2) is 9.06. The molecule has 2 N–H and O–H groups in total. The molecule has 0 aliphatic rings. The molecular weight excluding hydrogens is 464 g/mol. The first-order chi connectivity index (χ1) is 16.6.